The number of nitrogens with one attached hydrogen (secondary N) is 2. The summed E-state index contributed by atoms with van der Waals surface area (Å²) in [6.07, 6.45) is 2.88. The van der Waals surface area contributed by atoms with E-state index in [4.69, 9.17) is 4.98 Å². The van der Waals surface area contributed by atoms with Crippen molar-refractivity contribution in [2.75, 3.05) is 24.5 Å². The van der Waals surface area contributed by atoms with E-state index in [-0.39, 0.29) is 6.61 Å². The molecule has 7 nitrogen and oxygen atoms in total. The van der Waals surface area contributed by atoms with E-state index in [1.165, 1.54) is 0 Å². The van der Waals surface area contributed by atoms with E-state index in [1.807, 2.05) is 24.3 Å². The number of aliphatic hydroxyl groups is 1. The van der Waals surface area contributed by atoms with Gasteiger partial charge in [-0.25, -0.2) is 9.97 Å². The van der Waals surface area contributed by atoms with Crippen LogP contribution in [-0.4, -0.2) is 50.9 Å². The molecule has 0 bridgehead atoms. The summed E-state index contributed by atoms with van der Waals surface area (Å²) in [5.41, 5.74) is 3.11. The highest BCUT2D eigenvalue weighted by Crippen LogP contribution is 2.27. The van der Waals surface area contributed by atoms with Crippen molar-refractivity contribution in [3.63, 3.8) is 0 Å². The molecule has 1 saturated heterocycles. The van der Waals surface area contributed by atoms with Crippen molar-refractivity contribution in [3.05, 3.63) is 36.0 Å². The van der Waals surface area contributed by atoms with Gasteiger partial charge < -0.3 is 15.3 Å². The average molecular weight is 366 g/mol. The van der Waals surface area contributed by atoms with E-state index in [2.05, 4.69) is 39.2 Å². The zero-order chi connectivity index (χ0) is 18.8. The molecule has 1 aliphatic heterocycles. The molecule has 1 atom stereocenters. The van der Waals surface area contributed by atoms with Crippen molar-refractivity contribution in [2.24, 2.45) is 5.92 Å². The Morgan fingerprint density at radius 2 is 2.22 bits per heavy atom. The normalized spacial score (nSPS) is 17.8. The van der Waals surface area contributed by atoms with E-state index in [9.17, 15) is 5.11 Å². The molecule has 3 aromatic rings. The van der Waals surface area contributed by atoms with Crippen LogP contribution in [0.15, 0.2) is 30.5 Å². The van der Waals surface area contributed by atoms with Crippen molar-refractivity contribution in [2.45, 2.75) is 32.9 Å². The van der Waals surface area contributed by atoms with Gasteiger partial charge in [0.15, 0.2) is 5.65 Å². The summed E-state index contributed by atoms with van der Waals surface area (Å²) in [6, 6.07) is 8.22. The topological polar surface area (TPSA) is 90.0 Å². The minimum Gasteiger partial charge on any atom is -0.392 e. The lowest BCUT2D eigenvalue weighted by Crippen LogP contribution is -2.51. The molecule has 7 heteroatoms. The Balaban J connectivity index is 1.69. The lowest BCUT2D eigenvalue weighted by molar-refractivity contribution is 0.281. The van der Waals surface area contributed by atoms with Crippen LogP contribution in [0.1, 0.15) is 25.8 Å². The second-order valence-electron chi connectivity index (χ2n) is 7.58. The quantitative estimate of drug-likeness (QED) is 0.642. The average Bonchev–Trinajstić information content (AvgIpc) is 3.11. The predicted octanol–water partition coefficient (Wildman–Crippen LogP) is 2.34. The van der Waals surface area contributed by atoms with Gasteiger partial charge in [0.2, 0.25) is 0 Å². The van der Waals surface area contributed by atoms with Crippen molar-refractivity contribution >= 4 is 16.9 Å². The minimum absolute atomic E-state index is 0.0232. The van der Waals surface area contributed by atoms with E-state index < -0.39 is 0 Å². The summed E-state index contributed by atoms with van der Waals surface area (Å²) < 4.78 is 0. The van der Waals surface area contributed by atoms with Gasteiger partial charge in [0, 0.05) is 37.3 Å². The number of hydrogen-bond acceptors (Lipinski definition) is 6. The molecule has 0 spiro atoms. The van der Waals surface area contributed by atoms with Crippen LogP contribution in [0, 0.1) is 5.92 Å². The Hall–Kier alpha value is -2.51. The largest absolute Gasteiger partial charge is 0.392 e. The molecule has 27 heavy (non-hydrogen) atoms. The lowest BCUT2D eigenvalue weighted by atomic mass is 10.0. The second kappa shape index (κ2) is 7.62. The molecule has 0 aromatic carbocycles. The Morgan fingerprint density at radius 1 is 1.33 bits per heavy atom. The summed E-state index contributed by atoms with van der Waals surface area (Å²) in [5.74, 6) is 1.55. The van der Waals surface area contributed by atoms with Crippen molar-refractivity contribution in [1.82, 2.24) is 25.5 Å². The molecule has 0 unspecified atom stereocenters. The smallest absolute Gasteiger partial charge is 0.155 e. The standard InChI is InChI=1S/C20H26N6O/c1-13(2)8-15-11-26(7-6-21-15)18-10-14(12-27)9-17(23-18)19-16-4-3-5-22-20(16)25-24-19/h3-5,9-10,13,15,21,27H,6-8,11-12H2,1-2H3,(H,22,24,25)/t15-/m0/s1. The number of aliphatic hydroxyl groups excluding tert-OH is 1. The first-order valence-corrected chi connectivity index (χ1v) is 9.53. The maximum absolute atomic E-state index is 9.77. The van der Waals surface area contributed by atoms with Gasteiger partial charge in [-0.1, -0.05) is 13.8 Å². The molecular formula is C20H26N6O. The molecular weight excluding hydrogens is 340 g/mol. The number of anilines is 1. The Labute approximate surface area is 158 Å². The third kappa shape index (κ3) is 3.79. The molecule has 0 saturated carbocycles. The first-order valence-electron chi connectivity index (χ1n) is 9.53. The van der Waals surface area contributed by atoms with Crippen LogP contribution < -0.4 is 10.2 Å². The SMILES string of the molecule is CC(C)C[C@H]1CN(c2cc(CO)cc(-c3n[nH]c4ncccc34)n2)CCN1. The number of aromatic nitrogens is 4. The molecule has 0 amide bonds. The highest BCUT2D eigenvalue weighted by molar-refractivity contribution is 5.89. The third-order valence-corrected chi connectivity index (χ3v) is 4.97. The number of nitrogens with zero attached hydrogens (tertiary/aromatic N) is 4. The van der Waals surface area contributed by atoms with Gasteiger partial charge in [0.1, 0.15) is 11.5 Å². The lowest BCUT2D eigenvalue weighted by Gasteiger charge is -2.35. The van der Waals surface area contributed by atoms with Crippen LogP contribution in [0.25, 0.3) is 22.4 Å². The van der Waals surface area contributed by atoms with Crippen LogP contribution in [0.3, 0.4) is 0 Å². The number of H-pyrrole nitrogens is 1. The van der Waals surface area contributed by atoms with E-state index in [0.29, 0.717) is 12.0 Å². The van der Waals surface area contributed by atoms with Gasteiger partial charge in [-0.3, -0.25) is 5.10 Å². The summed E-state index contributed by atoms with van der Waals surface area (Å²) in [5, 5.41) is 21.7. The van der Waals surface area contributed by atoms with Crippen molar-refractivity contribution < 1.29 is 5.11 Å². The van der Waals surface area contributed by atoms with Gasteiger partial charge >= 0.3 is 0 Å². The summed E-state index contributed by atoms with van der Waals surface area (Å²) in [6.45, 7) is 7.24. The minimum atomic E-state index is -0.0232. The van der Waals surface area contributed by atoms with Gasteiger partial charge in [0.05, 0.1) is 12.3 Å². The highest BCUT2D eigenvalue weighted by atomic mass is 16.3. The summed E-state index contributed by atoms with van der Waals surface area (Å²) in [7, 11) is 0. The maximum Gasteiger partial charge on any atom is 0.155 e. The van der Waals surface area contributed by atoms with Crippen LogP contribution in [0.4, 0.5) is 5.82 Å². The molecule has 4 heterocycles. The molecule has 0 radical (unpaired) electrons. The molecule has 1 aliphatic rings. The van der Waals surface area contributed by atoms with Gasteiger partial charge in [-0.2, -0.15) is 5.10 Å². The van der Waals surface area contributed by atoms with Crippen LogP contribution >= 0.6 is 0 Å². The van der Waals surface area contributed by atoms with Crippen LogP contribution in [0.5, 0.6) is 0 Å². The van der Waals surface area contributed by atoms with E-state index in [1.54, 1.807) is 6.20 Å². The predicted molar refractivity (Wildman–Crippen MR) is 107 cm³/mol. The van der Waals surface area contributed by atoms with Crippen LogP contribution in [0.2, 0.25) is 0 Å². The zero-order valence-corrected chi connectivity index (χ0v) is 15.8. The molecule has 142 valence electrons. The molecule has 1 fully saturated rings. The fraction of sp³-hybridized carbons (Fsp3) is 0.450. The zero-order valence-electron chi connectivity index (χ0n) is 15.8. The number of piperazine rings is 1. The fourth-order valence-electron chi connectivity index (χ4n) is 3.76. The maximum atomic E-state index is 9.77. The Bertz CT molecular complexity index is 922. The van der Waals surface area contributed by atoms with Crippen molar-refractivity contribution in [1.29, 1.82) is 0 Å². The first kappa shape index (κ1) is 17.9. The van der Waals surface area contributed by atoms with Gasteiger partial charge in [-0.05, 0) is 42.2 Å². The molecule has 4 rings (SSSR count). The molecule has 0 aliphatic carbocycles. The summed E-state index contributed by atoms with van der Waals surface area (Å²) in [4.78, 5) is 11.5. The monoisotopic (exact) mass is 366 g/mol. The second-order valence-corrected chi connectivity index (χ2v) is 7.58. The third-order valence-electron chi connectivity index (χ3n) is 4.97. The highest BCUT2D eigenvalue weighted by Gasteiger charge is 2.22. The Kier molecular flexibility index (Phi) is 5.05. The van der Waals surface area contributed by atoms with E-state index in [0.717, 1.165) is 59.9 Å². The number of aromatic amines is 1. The Morgan fingerprint density at radius 3 is 3.04 bits per heavy atom. The number of fused-ring (bicyclic) bond motifs is 1. The summed E-state index contributed by atoms with van der Waals surface area (Å²) >= 11 is 0. The van der Waals surface area contributed by atoms with Gasteiger partial charge in [-0.15, -0.1) is 0 Å². The molecule has 3 aromatic heterocycles. The first-order chi connectivity index (χ1) is 13.1. The number of hydrogen-bond donors (Lipinski definition) is 3. The van der Waals surface area contributed by atoms with Crippen molar-refractivity contribution in [3.8, 4) is 11.4 Å². The van der Waals surface area contributed by atoms with Gasteiger partial charge in [0.25, 0.3) is 0 Å². The number of pyridine rings is 2. The molecule has 3 N–H and O–H groups in total. The fourth-order valence-corrected chi connectivity index (χ4v) is 3.76. The number of rotatable bonds is 5. The van der Waals surface area contributed by atoms with Crippen LogP contribution in [-0.2, 0) is 6.61 Å². The van der Waals surface area contributed by atoms with E-state index >= 15 is 0 Å².